The lowest BCUT2D eigenvalue weighted by Gasteiger charge is -2.38. The zero-order valence-corrected chi connectivity index (χ0v) is 13.4. The molecule has 1 atom stereocenters. The Hall–Kier alpha value is -0.780. The van der Waals surface area contributed by atoms with Crippen molar-refractivity contribution in [2.24, 2.45) is 5.41 Å². The second-order valence-electron chi connectivity index (χ2n) is 6.09. The standard InChI is InChI=1S/C14H21ClN2O2S/c1-14(2)8-4-3-5-13(14)17-20(18,19)10-6-7-12(16)11(15)9-10/h6-7,9,13,17H,3-5,8,16H2,1-2H3. The van der Waals surface area contributed by atoms with E-state index in [1.807, 2.05) is 0 Å². The lowest BCUT2D eigenvalue weighted by Crippen LogP contribution is -2.46. The fourth-order valence-electron chi connectivity index (χ4n) is 2.64. The first-order valence-corrected chi connectivity index (χ1v) is 8.66. The predicted molar refractivity (Wildman–Crippen MR) is 82.2 cm³/mol. The second kappa shape index (κ2) is 5.54. The minimum Gasteiger partial charge on any atom is -0.398 e. The molecule has 0 bridgehead atoms. The van der Waals surface area contributed by atoms with Crippen LogP contribution in [0, 0.1) is 5.41 Å². The summed E-state index contributed by atoms with van der Waals surface area (Å²) in [7, 11) is -3.56. The Morgan fingerprint density at radius 3 is 2.65 bits per heavy atom. The fraction of sp³-hybridized carbons (Fsp3) is 0.571. The lowest BCUT2D eigenvalue weighted by atomic mass is 9.74. The van der Waals surface area contributed by atoms with Crippen LogP contribution in [0.3, 0.4) is 0 Å². The van der Waals surface area contributed by atoms with Crippen molar-refractivity contribution in [2.45, 2.75) is 50.5 Å². The van der Waals surface area contributed by atoms with Crippen LogP contribution in [-0.4, -0.2) is 14.5 Å². The first-order chi connectivity index (χ1) is 9.22. The van der Waals surface area contributed by atoms with Gasteiger partial charge in [0.15, 0.2) is 0 Å². The average molecular weight is 317 g/mol. The molecule has 1 aromatic carbocycles. The summed E-state index contributed by atoms with van der Waals surface area (Å²) in [6.45, 7) is 4.21. The van der Waals surface area contributed by atoms with Crippen molar-refractivity contribution in [1.29, 1.82) is 0 Å². The smallest absolute Gasteiger partial charge is 0.240 e. The van der Waals surface area contributed by atoms with Gasteiger partial charge < -0.3 is 5.73 Å². The highest BCUT2D eigenvalue weighted by Crippen LogP contribution is 2.36. The molecule has 20 heavy (non-hydrogen) atoms. The Labute approximate surface area is 125 Å². The summed E-state index contributed by atoms with van der Waals surface area (Å²) in [5.74, 6) is 0. The van der Waals surface area contributed by atoms with E-state index in [4.69, 9.17) is 17.3 Å². The molecule has 1 saturated carbocycles. The molecule has 1 aliphatic carbocycles. The van der Waals surface area contributed by atoms with Gasteiger partial charge >= 0.3 is 0 Å². The normalized spacial score (nSPS) is 22.6. The first-order valence-electron chi connectivity index (χ1n) is 6.80. The molecule has 0 amide bonds. The lowest BCUT2D eigenvalue weighted by molar-refractivity contribution is 0.188. The zero-order chi connectivity index (χ0) is 15.0. The van der Waals surface area contributed by atoms with E-state index in [1.54, 1.807) is 0 Å². The van der Waals surface area contributed by atoms with E-state index < -0.39 is 10.0 Å². The summed E-state index contributed by atoms with van der Waals surface area (Å²) in [6.07, 6.45) is 4.11. The predicted octanol–water partition coefficient (Wildman–Crippen LogP) is 3.17. The highest BCUT2D eigenvalue weighted by molar-refractivity contribution is 7.89. The maximum atomic E-state index is 12.4. The van der Waals surface area contributed by atoms with Crippen molar-refractivity contribution in [3.8, 4) is 0 Å². The quantitative estimate of drug-likeness (QED) is 0.841. The van der Waals surface area contributed by atoms with Crippen LogP contribution < -0.4 is 10.5 Å². The SMILES string of the molecule is CC1(C)CCCCC1NS(=O)(=O)c1ccc(N)c(Cl)c1. The molecule has 3 N–H and O–H groups in total. The number of halogens is 1. The van der Waals surface area contributed by atoms with Crippen LogP contribution in [0.5, 0.6) is 0 Å². The summed E-state index contributed by atoms with van der Waals surface area (Å²) in [5, 5.41) is 0.260. The van der Waals surface area contributed by atoms with Crippen molar-refractivity contribution in [3.05, 3.63) is 23.2 Å². The largest absolute Gasteiger partial charge is 0.398 e. The van der Waals surface area contributed by atoms with Gasteiger partial charge in [-0.25, -0.2) is 13.1 Å². The Kier molecular flexibility index (Phi) is 4.33. The van der Waals surface area contributed by atoms with E-state index in [1.165, 1.54) is 18.2 Å². The van der Waals surface area contributed by atoms with E-state index >= 15 is 0 Å². The molecule has 0 radical (unpaired) electrons. The highest BCUT2D eigenvalue weighted by atomic mass is 35.5. The topological polar surface area (TPSA) is 72.2 Å². The Morgan fingerprint density at radius 1 is 1.35 bits per heavy atom. The highest BCUT2D eigenvalue weighted by Gasteiger charge is 2.35. The van der Waals surface area contributed by atoms with Gasteiger partial charge in [-0.1, -0.05) is 38.3 Å². The van der Waals surface area contributed by atoms with Crippen molar-refractivity contribution in [1.82, 2.24) is 4.72 Å². The average Bonchev–Trinajstić information content (AvgIpc) is 2.35. The molecule has 112 valence electrons. The zero-order valence-electron chi connectivity index (χ0n) is 11.8. The van der Waals surface area contributed by atoms with Crippen LogP contribution in [0.4, 0.5) is 5.69 Å². The monoisotopic (exact) mass is 316 g/mol. The van der Waals surface area contributed by atoms with E-state index in [-0.39, 0.29) is 21.4 Å². The molecule has 4 nitrogen and oxygen atoms in total. The van der Waals surface area contributed by atoms with Gasteiger partial charge in [0.25, 0.3) is 0 Å². The van der Waals surface area contributed by atoms with Crippen molar-refractivity contribution in [2.75, 3.05) is 5.73 Å². The molecule has 1 aliphatic rings. The second-order valence-corrected chi connectivity index (χ2v) is 8.21. The number of rotatable bonds is 3. The van der Waals surface area contributed by atoms with Gasteiger partial charge in [-0.3, -0.25) is 0 Å². The Morgan fingerprint density at radius 2 is 2.05 bits per heavy atom. The van der Waals surface area contributed by atoms with Crippen LogP contribution in [0.25, 0.3) is 0 Å². The van der Waals surface area contributed by atoms with Crippen molar-refractivity contribution >= 4 is 27.3 Å². The molecule has 1 aromatic rings. The van der Waals surface area contributed by atoms with Gasteiger partial charge in [0.1, 0.15) is 0 Å². The summed E-state index contributed by atoms with van der Waals surface area (Å²) in [4.78, 5) is 0.165. The molecule has 2 rings (SSSR count). The number of sulfonamides is 1. The van der Waals surface area contributed by atoms with Crippen LogP contribution in [-0.2, 0) is 10.0 Å². The fourth-order valence-corrected chi connectivity index (χ4v) is 4.36. The molecule has 0 aliphatic heterocycles. The summed E-state index contributed by atoms with van der Waals surface area (Å²) in [5.41, 5.74) is 5.97. The summed E-state index contributed by atoms with van der Waals surface area (Å²) >= 11 is 5.90. The third-order valence-corrected chi connectivity index (χ3v) is 5.88. The van der Waals surface area contributed by atoms with Gasteiger partial charge in [-0.2, -0.15) is 0 Å². The van der Waals surface area contributed by atoms with E-state index in [9.17, 15) is 8.42 Å². The number of hydrogen-bond acceptors (Lipinski definition) is 3. The van der Waals surface area contributed by atoms with E-state index in [0.717, 1.165) is 25.7 Å². The summed E-state index contributed by atoms with van der Waals surface area (Å²) < 4.78 is 27.7. The third kappa shape index (κ3) is 3.27. The molecule has 6 heteroatoms. The van der Waals surface area contributed by atoms with Gasteiger partial charge in [0, 0.05) is 6.04 Å². The molecule has 1 fully saturated rings. The number of nitrogens with one attached hydrogen (secondary N) is 1. The number of nitrogens with two attached hydrogens (primary N) is 1. The van der Waals surface area contributed by atoms with Crippen LogP contribution in [0.15, 0.2) is 23.1 Å². The Bertz CT molecular complexity index is 599. The van der Waals surface area contributed by atoms with Crippen LogP contribution in [0.1, 0.15) is 39.5 Å². The number of hydrogen-bond donors (Lipinski definition) is 2. The first kappa shape index (κ1) is 15.6. The maximum Gasteiger partial charge on any atom is 0.240 e. The number of nitrogen functional groups attached to an aromatic ring is 1. The van der Waals surface area contributed by atoms with Gasteiger partial charge in [-0.05, 0) is 36.5 Å². The van der Waals surface area contributed by atoms with Crippen molar-refractivity contribution < 1.29 is 8.42 Å². The van der Waals surface area contributed by atoms with Crippen molar-refractivity contribution in [3.63, 3.8) is 0 Å². The van der Waals surface area contributed by atoms with E-state index in [0.29, 0.717) is 5.69 Å². The molecule has 0 heterocycles. The van der Waals surface area contributed by atoms with E-state index in [2.05, 4.69) is 18.6 Å². The van der Waals surface area contributed by atoms with Gasteiger partial charge in [-0.15, -0.1) is 0 Å². The molecule has 0 saturated heterocycles. The van der Waals surface area contributed by atoms with Gasteiger partial charge in [0.05, 0.1) is 15.6 Å². The van der Waals surface area contributed by atoms with Crippen LogP contribution in [0.2, 0.25) is 5.02 Å². The molecule has 0 spiro atoms. The molecular formula is C14H21ClN2O2S. The molecular weight excluding hydrogens is 296 g/mol. The Balaban J connectivity index is 2.24. The minimum absolute atomic E-state index is 0.0249. The molecule has 1 unspecified atom stereocenters. The minimum atomic E-state index is -3.56. The number of benzene rings is 1. The molecule has 0 aromatic heterocycles. The van der Waals surface area contributed by atoms with Gasteiger partial charge in [0.2, 0.25) is 10.0 Å². The third-order valence-electron chi connectivity index (χ3n) is 4.09. The van der Waals surface area contributed by atoms with Crippen LogP contribution >= 0.6 is 11.6 Å². The maximum absolute atomic E-state index is 12.4. The summed E-state index contributed by atoms with van der Waals surface area (Å²) in [6, 6.07) is 4.36. The number of anilines is 1.